The van der Waals surface area contributed by atoms with Crippen LogP contribution in [0.3, 0.4) is 0 Å². The maximum atomic E-state index is 10.9. The molecule has 0 saturated heterocycles. The molecule has 2 aromatic heterocycles. The summed E-state index contributed by atoms with van der Waals surface area (Å²) >= 11 is 0. The lowest BCUT2D eigenvalue weighted by Crippen LogP contribution is -2.07. The van der Waals surface area contributed by atoms with Crippen LogP contribution in [0.1, 0.15) is 21.7 Å². The summed E-state index contributed by atoms with van der Waals surface area (Å²) < 4.78 is 3.74. The van der Waals surface area contributed by atoms with Gasteiger partial charge < -0.3 is 4.57 Å². The molecular weight excluding hydrogens is 190 g/mol. The van der Waals surface area contributed by atoms with E-state index in [1.165, 1.54) is 0 Å². The van der Waals surface area contributed by atoms with Gasteiger partial charge in [0, 0.05) is 18.4 Å². The average molecular weight is 203 g/mol. The molecule has 0 saturated carbocycles. The third kappa shape index (κ3) is 1.38. The van der Waals surface area contributed by atoms with E-state index in [2.05, 4.69) is 5.10 Å². The zero-order chi connectivity index (χ0) is 11.0. The van der Waals surface area contributed by atoms with E-state index in [1.807, 2.05) is 37.6 Å². The second kappa shape index (κ2) is 3.38. The third-order valence-corrected chi connectivity index (χ3v) is 2.54. The van der Waals surface area contributed by atoms with Crippen molar-refractivity contribution >= 4 is 6.29 Å². The summed E-state index contributed by atoms with van der Waals surface area (Å²) in [6.07, 6.45) is 2.42. The highest BCUT2D eigenvalue weighted by Gasteiger charge is 2.12. The normalized spacial score (nSPS) is 10.6. The molecule has 0 unspecified atom stereocenters. The fraction of sp³-hybridized carbons (Fsp3) is 0.273. The Morgan fingerprint density at radius 1 is 1.27 bits per heavy atom. The van der Waals surface area contributed by atoms with Crippen molar-refractivity contribution in [3.63, 3.8) is 0 Å². The Kier molecular flexibility index (Phi) is 2.19. The molecule has 0 N–H and O–H groups in total. The first kappa shape index (κ1) is 9.71. The van der Waals surface area contributed by atoms with Crippen LogP contribution in [0.25, 0.3) is 5.82 Å². The predicted octanol–water partition coefficient (Wildman–Crippen LogP) is 1.64. The maximum Gasteiger partial charge on any atom is 0.155 e. The van der Waals surface area contributed by atoms with Gasteiger partial charge in [0.05, 0.1) is 11.8 Å². The summed E-state index contributed by atoms with van der Waals surface area (Å²) in [7, 11) is 1.83. The van der Waals surface area contributed by atoms with Gasteiger partial charge in [-0.25, -0.2) is 0 Å². The molecule has 0 spiro atoms. The number of carbonyl (C=O) groups excluding carboxylic acids is 1. The number of hydrogen-bond donors (Lipinski definition) is 0. The molecule has 2 aromatic rings. The highest BCUT2D eigenvalue weighted by molar-refractivity contribution is 5.79. The summed E-state index contributed by atoms with van der Waals surface area (Å²) in [5.74, 6) is 0.824. The van der Waals surface area contributed by atoms with E-state index < -0.39 is 0 Å². The minimum atomic E-state index is 0.611. The molecule has 0 aliphatic rings. The Morgan fingerprint density at radius 3 is 2.40 bits per heavy atom. The molecule has 0 atom stereocenters. The van der Waals surface area contributed by atoms with E-state index in [4.69, 9.17) is 0 Å². The first-order valence-electron chi connectivity index (χ1n) is 4.77. The lowest BCUT2D eigenvalue weighted by Gasteiger charge is -2.10. The van der Waals surface area contributed by atoms with Gasteiger partial charge in [-0.2, -0.15) is 5.10 Å². The quantitative estimate of drug-likeness (QED) is 0.696. The van der Waals surface area contributed by atoms with E-state index in [-0.39, 0.29) is 0 Å². The molecule has 15 heavy (non-hydrogen) atoms. The fourth-order valence-electron chi connectivity index (χ4n) is 1.81. The SMILES string of the molecule is Cc1ccc(C)n1-c1c(C=O)cnn1C. The van der Waals surface area contributed by atoms with Gasteiger partial charge in [0.15, 0.2) is 6.29 Å². The highest BCUT2D eigenvalue weighted by Crippen LogP contribution is 2.18. The average Bonchev–Trinajstić information content (AvgIpc) is 2.71. The smallest absolute Gasteiger partial charge is 0.155 e. The zero-order valence-electron chi connectivity index (χ0n) is 9.06. The number of aryl methyl sites for hydroxylation is 3. The zero-order valence-corrected chi connectivity index (χ0v) is 9.06. The predicted molar refractivity (Wildman–Crippen MR) is 57.4 cm³/mol. The van der Waals surface area contributed by atoms with Crippen LogP contribution < -0.4 is 0 Å². The van der Waals surface area contributed by atoms with Crippen molar-refractivity contribution in [2.24, 2.45) is 7.05 Å². The molecule has 0 aliphatic heterocycles. The van der Waals surface area contributed by atoms with Gasteiger partial charge in [-0.3, -0.25) is 9.48 Å². The van der Waals surface area contributed by atoms with Crippen LogP contribution in [0, 0.1) is 13.8 Å². The molecule has 0 aromatic carbocycles. The first-order valence-corrected chi connectivity index (χ1v) is 4.77. The van der Waals surface area contributed by atoms with Crippen molar-refractivity contribution in [3.05, 3.63) is 35.3 Å². The highest BCUT2D eigenvalue weighted by atomic mass is 16.1. The largest absolute Gasteiger partial charge is 0.303 e. The minimum Gasteiger partial charge on any atom is -0.303 e. The molecule has 78 valence electrons. The minimum absolute atomic E-state index is 0.611. The molecule has 0 aliphatic carbocycles. The number of aromatic nitrogens is 3. The monoisotopic (exact) mass is 203 g/mol. The molecule has 2 heterocycles. The summed E-state index contributed by atoms with van der Waals surface area (Å²) in [6, 6.07) is 4.05. The van der Waals surface area contributed by atoms with Gasteiger partial charge in [0.1, 0.15) is 5.82 Å². The van der Waals surface area contributed by atoms with E-state index in [0.29, 0.717) is 5.56 Å². The van der Waals surface area contributed by atoms with E-state index >= 15 is 0 Å². The molecule has 4 nitrogen and oxygen atoms in total. The number of hydrogen-bond acceptors (Lipinski definition) is 2. The van der Waals surface area contributed by atoms with Crippen LogP contribution in [-0.4, -0.2) is 20.6 Å². The van der Waals surface area contributed by atoms with E-state index in [9.17, 15) is 4.79 Å². The van der Waals surface area contributed by atoms with Gasteiger partial charge in [0.25, 0.3) is 0 Å². The van der Waals surface area contributed by atoms with Crippen LogP contribution >= 0.6 is 0 Å². The van der Waals surface area contributed by atoms with Crippen molar-refractivity contribution in [2.75, 3.05) is 0 Å². The Morgan fingerprint density at radius 2 is 1.87 bits per heavy atom. The third-order valence-electron chi connectivity index (χ3n) is 2.54. The Bertz CT molecular complexity index is 488. The lowest BCUT2D eigenvalue weighted by atomic mass is 10.3. The second-order valence-corrected chi connectivity index (χ2v) is 3.62. The summed E-state index contributed by atoms with van der Waals surface area (Å²) in [4.78, 5) is 10.9. The van der Waals surface area contributed by atoms with Crippen molar-refractivity contribution in [3.8, 4) is 5.82 Å². The van der Waals surface area contributed by atoms with Crippen molar-refractivity contribution < 1.29 is 4.79 Å². The van der Waals surface area contributed by atoms with E-state index in [1.54, 1.807) is 10.9 Å². The Hall–Kier alpha value is -1.84. The van der Waals surface area contributed by atoms with Crippen molar-refractivity contribution in [1.29, 1.82) is 0 Å². The van der Waals surface area contributed by atoms with Gasteiger partial charge in [-0.1, -0.05) is 0 Å². The molecule has 0 bridgehead atoms. The van der Waals surface area contributed by atoms with Gasteiger partial charge in [0.2, 0.25) is 0 Å². The summed E-state index contributed by atoms with van der Waals surface area (Å²) in [5, 5.41) is 4.09. The number of nitrogens with zero attached hydrogens (tertiary/aromatic N) is 3. The van der Waals surface area contributed by atoms with Gasteiger partial charge in [-0.05, 0) is 26.0 Å². The maximum absolute atomic E-state index is 10.9. The Labute approximate surface area is 88.1 Å². The number of carbonyl (C=O) groups is 1. The molecule has 2 rings (SSSR count). The van der Waals surface area contributed by atoms with Crippen LogP contribution in [-0.2, 0) is 7.05 Å². The summed E-state index contributed by atoms with van der Waals surface area (Å²) in [5.41, 5.74) is 2.80. The van der Waals surface area contributed by atoms with Gasteiger partial charge in [-0.15, -0.1) is 0 Å². The van der Waals surface area contributed by atoms with Crippen LogP contribution in [0.15, 0.2) is 18.3 Å². The van der Waals surface area contributed by atoms with Crippen molar-refractivity contribution in [2.45, 2.75) is 13.8 Å². The number of aldehydes is 1. The van der Waals surface area contributed by atoms with Gasteiger partial charge >= 0.3 is 0 Å². The Balaban J connectivity index is 2.72. The van der Waals surface area contributed by atoms with E-state index in [0.717, 1.165) is 23.5 Å². The second-order valence-electron chi connectivity index (χ2n) is 3.62. The summed E-state index contributed by atoms with van der Waals surface area (Å²) in [6.45, 7) is 4.02. The molecule has 0 amide bonds. The van der Waals surface area contributed by atoms with Crippen LogP contribution in [0.2, 0.25) is 0 Å². The molecule has 4 heteroatoms. The molecule has 0 fully saturated rings. The lowest BCUT2D eigenvalue weighted by molar-refractivity contribution is 0.112. The van der Waals surface area contributed by atoms with Crippen LogP contribution in [0.5, 0.6) is 0 Å². The van der Waals surface area contributed by atoms with Crippen LogP contribution in [0.4, 0.5) is 0 Å². The number of rotatable bonds is 2. The first-order chi connectivity index (χ1) is 7.15. The molecule has 0 radical (unpaired) electrons. The van der Waals surface area contributed by atoms with Crippen molar-refractivity contribution in [1.82, 2.24) is 14.3 Å². The fourth-order valence-corrected chi connectivity index (χ4v) is 1.81. The topological polar surface area (TPSA) is 39.8 Å². The molecular formula is C11H13N3O. The standard InChI is InChI=1S/C11H13N3O/c1-8-4-5-9(2)14(8)11-10(7-15)6-12-13(11)3/h4-7H,1-3H3.